The number of halogens is 11. The SMILES string of the molecule is CC(=O)N[C@@H](CCC(=O)N[C@@H](CS/C(=C/CO)C(F)(F)C(F)(F)C(F)(F)C(F)(F)C(F)(F)F)C(=O)NCC(=O)O)C(=O)O. The molecular formula is C20H22F11N3O8S. The molecule has 0 fully saturated rings. The van der Waals surface area contributed by atoms with Gasteiger partial charge >= 0.3 is 41.8 Å². The van der Waals surface area contributed by atoms with Crippen molar-refractivity contribution in [2.75, 3.05) is 18.9 Å². The second-order valence-electron chi connectivity index (χ2n) is 8.22. The normalized spacial score (nSPS) is 14.9. The van der Waals surface area contributed by atoms with Gasteiger partial charge < -0.3 is 31.3 Å². The van der Waals surface area contributed by atoms with E-state index in [2.05, 4.69) is 0 Å². The third kappa shape index (κ3) is 9.83. The van der Waals surface area contributed by atoms with Gasteiger partial charge in [-0.15, -0.1) is 11.8 Å². The third-order valence-corrected chi connectivity index (χ3v) is 6.17. The predicted octanol–water partition coefficient (Wildman–Crippen LogP) is 1.75. The van der Waals surface area contributed by atoms with E-state index >= 15 is 0 Å². The molecule has 0 saturated carbocycles. The standard InChI is InChI=1S/C20H22F11N3O8S/c1-8(36)33-9(15(41)42)2-3-12(37)34-10(14(40)32-6-13(38)39)7-43-11(4-5-35)16(21,22)17(23,24)18(25,26)19(27,28)20(29,30)31/h4,9-10,35H,2-3,5-7H2,1H3,(H,32,40)(H,33,36)(H,34,37)(H,38,39)(H,41,42)/b11-4+/t9-,10-/m0/s1. The number of carboxylic acid groups (broad SMARTS) is 2. The van der Waals surface area contributed by atoms with E-state index in [0.717, 1.165) is 6.92 Å². The molecule has 0 rings (SSSR count). The lowest BCUT2D eigenvalue weighted by Crippen LogP contribution is -2.66. The van der Waals surface area contributed by atoms with Crippen molar-refractivity contribution in [1.82, 2.24) is 16.0 Å². The fraction of sp³-hybridized carbons (Fsp3) is 0.650. The van der Waals surface area contributed by atoms with Gasteiger partial charge in [0.05, 0.1) is 11.5 Å². The molecule has 0 aromatic carbocycles. The monoisotopic (exact) mass is 673 g/mol. The van der Waals surface area contributed by atoms with Gasteiger partial charge in [-0.1, -0.05) is 0 Å². The Balaban J connectivity index is 6.21. The molecule has 0 bridgehead atoms. The van der Waals surface area contributed by atoms with Crippen LogP contribution < -0.4 is 16.0 Å². The highest BCUT2D eigenvalue weighted by molar-refractivity contribution is 8.03. The molecule has 0 spiro atoms. The first-order valence-corrected chi connectivity index (χ1v) is 12.1. The molecule has 0 aromatic heterocycles. The molecule has 0 saturated heterocycles. The van der Waals surface area contributed by atoms with Crippen LogP contribution in [-0.4, -0.2) is 106 Å². The van der Waals surface area contributed by atoms with Gasteiger partial charge in [-0.05, 0) is 12.5 Å². The van der Waals surface area contributed by atoms with Crippen molar-refractivity contribution in [2.24, 2.45) is 0 Å². The number of hydrogen-bond donors (Lipinski definition) is 6. The summed E-state index contributed by atoms with van der Waals surface area (Å²) in [5.74, 6) is -38.1. The summed E-state index contributed by atoms with van der Waals surface area (Å²) >= 11 is -0.798. The fourth-order valence-electron chi connectivity index (χ4n) is 2.77. The number of carbonyl (C=O) groups excluding carboxylic acids is 3. The average molecular weight is 673 g/mol. The van der Waals surface area contributed by atoms with E-state index in [9.17, 15) is 72.3 Å². The zero-order chi connectivity index (χ0) is 34.2. The van der Waals surface area contributed by atoms with Gasteiger partial charge in [-0.25, -0.2) is 4.79 Å². The Morgan fingerprint density at radius 2 is 1.35 bits per heavy atom. The number of thioether (sulfide) groups is 1. The van der Waals surface area contributed by atoms with E-state index in [0.29, 0.717) is 0 Å². The zero-order valence-corrected chi connectivity index (χ0v) is 22.0. The lowest BCUT2D eigenvalue weighted by molar-refractivity contribution is -0.417. The summed E-state index contributed by atoms with van der Waals surface area (Å²) < 4.78 is 148. The zero-order valence-electron chi connectivity index (χ0n) is 21.2. The van der Waals surface area contributed by atoms with Crippen molar-refractivity contribution < 1.29 is 87.6 Å². The number of alkyl halides is 11. The number of allylic oxidation sites excluding steroid dienone is 1. The molecule has 0 aliphatic carbocycles. The molecular weight excluding hydrogens is 651 g/mol. The van der Waals surface area contributed by atoms with Crippen LogP contribution in [0.1, 0.15) is 19.8 Å². The summed E-state index contributed by atoms with van der Waals surface area (Å²) in [6.45, 7) is -2.00. The first-order chi connectivity index (χ1) is 19.3. The molecule has 0 heterocycles. The van der Waals surface area contributed by atoms with Gasteiger partial charge in [-0.3, -0.25) is 19.2 Å². The van der Waals surface area contributed by atoms with Gasteiger partial charge in [0.15, 0.2) is 0 Å². The highest BCUT2D eigenvalue weighted by Gasteiger charge is 2.87. The number of hydrogen-bond acceptors (Lipinski definition) is 7. The van der Waals surface area contributed by atoms with Crippen molar-refractivity contribution >= 4 is 41.4 Å². The summed E-state index contributed by atoms with van der Waals surface area (Å²) in [4.78, 5) is 55.0. The van der Waals surface area contributed by atoms with Gasteiger partial charge in [0, 0.05) is 19.1 Å². The van der Waals surface area contributed by atoms with Crippen LogP contribution in [0.15, 0.2) is 11.0 Å². The van der Waals surface area contributed by atoms with Crippen LogP contribution in [-0.2, 0) is 24.0 Å². The number of nitrogens with one attached hydrogen (secondary N) is 3. The topological polar surface area (TPSA) is 182 Å². The molecule has 43 heavy (non-hydrogen) atoms. The van der Waals surface area contributed by atoms with E-state index in [1.807, 2.05) is 5.32 Å². The molecule has 0 unspecified atom stereocenters. The van der Waals surface area contributed by atoms with Crippen LogP contribution in [0.3, 0.4) is 0 Å². The number of aliphatic carboxylic acids is 2. The third-order valence-electron chi connectivity index (χ3n) is 4.93. The molecule has 23 heteroatoms. The molecule has 0 aliphatic rings. The largest absolute Gasteiger partial charge is 0.480 e. The average Bonchev–Trinajstić information content (AvgIpc) is 2.84. The fourth-order valence-corrected chi connectivity index (χ4v) is 3.86. The van der Waals surface area contributed by atoms with Crippen molar-refractivity contribution in [3.63, 3.8) is 0 Å². The second-order valence-corrected chi connectivity index (χ2v) is 9.28. The van der Waals surface area contributed by atoms with Crippen LogP contribution in [0, 0.1) is 0 Å². The van der Waals surface area contributed by atoms with Gasteiger partial charge in [-0.2, -0.15) is 48.3 Å². The number of carboxylic acids is 2. The van der Waals surface area contributed by atoms with Crippen LogP contribution >= 0.6 is 11.8 Å². The van der Waals surface area contributed by atoms with E-state index in [1.165, 1.54) is 0 Å². The predicted molar refractivity (Wildman–Crippen MR) is 121 cm³/mol. The summed E-state index contributed by atoms with van der Waals surface area (Å²) in [5, 5.41) is 31.8. The van der Waals surface area contributed by atoms with E-state index < -0.39 is 120 Å². The number of rotatable bonds is 17. The van der Waals surface area contributed by atoms with Crippen LogP contribution in [0.2, 0.25) is 0 Å². The van der Waals surface area contributed by atoms with Crippen LogP contribution in [0.25, 0.3) is 0 Å². The highest BCUT2D eigenvalue weighted by atomic mass is 32.2. The molecule has 3 amide bonds. The minimum atomic E-state index is -7.78. The Morgan fingerprint density at radius 1 is 0.814 bits per heavy atom. The molecule has 11 nitrogen and oxygen atoms in total. The van der Waals surface area contributed by atoms with Crippen LogP contribution in [0.5, 0.6) is 0 Å². The van der Waals surface area contributed by atoms with E-state index in [1.54, 1.807) is 10.6 Å². The lowest BCUT2D eigenvalue weighted by Gasteiger charge is -2.38. The van der Waals surface area contributed by atoms with Gasteiger partial charge in [0.2, 0.25) is 17.7 Å². The smallest absolute Gasteiger partial charge is 0.460 e. The number of aliphatic hydroxyl groups is 1. The summed E-state index contributed by atoms with van der Waals surface area (Å²) in [6, 6.07) is -3.92. The maximum atomic E-state index is 14.5. The van der Waals surface area contributed by atoms with E-state index in [4.69, 9.17) is 15.3 Å². The van der Waals surface area contributed by atoms with Crippen LogP contribution in [0.4, 0.5) is 48.3 Å². The molecule has 2 atom stereocenters. The Labute approximate surface area is 237 Å². The number of aliphatic hydroxyl groups excluding tert-OH is 1. The van der Waals surface area contributed by atoms with Gasteiger partial charge in [0.25, 0.3) is 0 Å². The molecule has 0 radical (unpaired) electrons. The quantitative estimate of drug-likeness (QED) is 0.125. The first-order valence-electron chi connectivity index (χ1n) is 11.1. The Kier molecular flexibility index (Phi) is 13.7. The summed E-state index contributed by atoms with van der Waals surface area (Å²) in [7, 11) is 0. The molecule has 248 valence electrons. The molecule has 0 aliphatic heterocycles. The minimum absolute atomic E-state index is 0.390. The second kappa shape index (κ2) is 14.9. The lowest BCUT2D eigenvalue weighted by atomic mass is 9.97. The molecule has 0 aromatic rings. The Hall–Kier alpha value is -3.37. The van der Waals surface area contributed by atoms with Gasteiger partial charge in [0.1, 0.15) is 18.6 Å². The minimum Gasteiger partial charge on any atom is -0.480 e. The van der Waals surface area contributed by atoms with Crippen molar-refractivity contribution in [2.45, 2.75) is 61.7 Å². The maximum Gasteiger partial charge on any atom is 0.460 e. The first kappa shape index (κ1) is 39.6. The van der Waals surface area contributed by atoms with Crippen molar-refractivity contribution in [3.8, 4) is 0 Å². The Morgan fingerprint density at radius 3 is 1.77 bits per heavy atom. The number of carbonyl (C=O) groups is 5. The summed E-state index contributed by atoms with van der Waals surface area (Å²) in [6.07, 6.45) is -9.34. The van der Waals surface area contributed by atoms with Crippen molar-refractivity contribution in [3.05, 3.63) is 11.0 Å². The Bertz CT molecular complexity index is 1090. The maximum absolute atomic E-state index is 14.5. The van der Waals surface area contributed by atoms with Crippen molar-refractivity contribution in [1.29, 1.82) is 0 Å². The number of amides is 3. The summed E-state index contributed by atoms with van der Waals surface area (Å²) in [5.41, 5.74) is 0. The molecule has 6 N–H and O–H groups in total. The van der Waals surface area contributed by atoms with E-state index in [-0.39, 0.29) is 6.08 Å². The highest BCUT2D eigenvalue weighted by Crippen LogP contribution is 2.59.